The second kappa shape index (κ2) is 4.59. The SMILES string of the molecule is Cc1nc(CN(C)C(=O)C2C3CCC(C3)C2N)no1. The molecule has 0 aliphatic heterocycles. The minimum atomic E-state index is -0.0169. The number of nitrogens with zero attached hydrogens (tertiary/aromatic N) is 3. The number of carbonyl (C=O) groups excluding carboxylic acids is 1. The van der Waals surface area contributed by atoms with Crippen LogP contribution < -0.4 is 5.73 Å². The van der Waals surface area contributed by atoms with Crippen molar-refractivity contribution in [1.82, 2.24) is 15.0 Å². The Balaban J connectivity index is 1.67. The molecular formula is C13H20N4O2. The molecule has 0 aromatic carbocycles. The van der Waals surface area contributed by atoms with Crippen molar-refractivity contribution in [3.63, 3.8) is 0 Å². The molecule has 1 aromatic rings. The molecule has 19 heavy (non-hydrogen) atoms. The van der Waals surface area contributed by atoms with E-state index in [9.17, 15) is 4.79 Å². The first-order valence-electron chi connectivity index (χ1n) is 6.86. The maximum absolute atomic E-state index is 12.5. The van der Waals surface area contributed by atoms with Gasteiger partial charge in [-0.15, -0.1) is 0 Å². The summed E-state index contributed by atoms with van der Waals surface area (Å²) in [4.78, 5) is 18.3. The molecule has 2 saturated carbocycles. The van der Waals surface area contributed by atoms with E-state index in [0.29, 0.717) is 30.1 Å². The van der Waals surface area contributed by atoms with Gasteiger partial charge < -0.3 is 15.2 Å². The molecule has 1 amide bonds. The second-order valence-electron chi connectivity index (χ2n) is 5.86. The Morgan fingerprint density at radius 3 is 2.79 bits per heavy atom. The highest BCUT2D eigenvalue weighted by Gasteiger charge is 2.49. The molecule has 2 N–H and O–H groups in total. The second-order valence-corrected chi connectivity index (χ2v) is 5.86. The fourth-order valence-corrected chi connectivity index (χ4v) is 3.65. The Kier molecular flexibility index (Phi) is 3.05. The summed E-state index contributed by atoms with van der Waals surface area (Å²) in [5.41, 5.74) is 6.20. The molecule has 0 radical (unpaired) electrons. The van der Waals surface area contributed by atoms with Gasteiger partial charge in [-0.25, -0.2) is 0 Å². The van der Waals surface area contributed by atoms with Crippen LogP contribution in [0.3, 0.4) is 0 Å². The average Bonchev–Trinajstić information content (AvgIpc) is 3.05. The van der Waals surface area contributed by atoms with E-state index in [1.54, 1.807) is 18.9 Å². The first-order chi connectivity index (χ1) is 9.06. The van der Waals surface area contributed by atoms with Crippen molar-refractivity contribution < 1.29 is 9.32 Å². The van der Waals surface area contributed by atoms with Crippen molar-refractivity contribution in [3.8, 4) is 0 Å². The molecule has 3 rings (SSSR count). The quantitative estimate of drug-likeness (QED) is 0.869. The molecule has 6 nitrogen and oxygen atoms in total. The van der Waals surface area contributed by atoms with Gasteiger partial charge in [0.25, 0.3) is 0 Å². The van der Waals surface area contributed by atoms with Crippen LogP contribution in [0.15, 0.2) is 4.52 Å². The number of aryl methyl sites for hydroxylation is 1. The molecule has 104 valence electrons. The Morgan fingerprint density at radius 1 is 1.47 bits per heavy atom. The Morgan fingerprint density at radius 2 is 2.21 bits per heavy atom. The van der Waals surface area contributed by atoms with Crippen molar-refractivity contribution in [2.75, 3.05) is 7.05 Å². The molecule has 0 spiro atoms. The molecule has 1 heterocycles. The van der Waals surface area contributed by atoms with Gasteiger partial charge >= 0.3 is 0 Å². The fourth-order valence-electron chi connectivity index (χ4n) is 3.65. The Labute approximate surface area is 112 Å². The molecule has 6 heteroatoms. The standard InChI is InChI=1S/C13H20N4O2/c1-7-15-10(16-19-7)6-17(2)13(18)11-8-3-4-9(5-8)12(11)14/h8-9,11-12H,3-6,14H2,1-2H3. The van der Waals surface area contributed by atoms with E-state index in [2.05, 4.69) is 10.1 Å². The van der Waals surface area contributed by atoms with Gasteiger partial charge in [-0.2, -0.15) is 4.98 Å². The van der Waals surface area contributed by atoms with Crippen molar-refractivity contribution >= 4 is 5.91 Å². The van der Waals surface area contributed by atoms with Gasteiger partial charge in [-0.1, -0.05) is 5.16 Å². The third kappa shape index (κ3) is 2.14. The topological polar surface area (TPSA) is 85.2 Å². The summed E-state index contributed by atoms with van der Waals surface area (Å²) in [6.07, 6.45) is 3.44. The molecule has 1 aromatic heterocycles. The Bertz CT molecular complexity index is 485. The summed E-state index contributed by atoms with van der Waals surface area (Å²) in [7, 11) is 1.78. The first-order valence-corrected chi connectivity index (χ1v) is 6.86. The molecule has 4 unspecified atom stereocenters. The van der Waals surface area contributed by atoms with Crippen LogP contribution in [-0.4, -0.2) is 34.0 Å². The number of hydrogen-bond acceptors (Lipinski definition) is 5. The highest BCUT2D eigenvalue weighted by atomic mass is 16.5. The monoisotopic (exact) mass is 264 g/mol. The summed E-state index contributed by atoms with van der Waals surface area (Å²) >= 11 is 0. The highest BCUT2D eigenvalue weighted by molar-refractivity contribution is 5.80. The summed E-state index contributed by atoms with van der Waals surface area (Å²) in [5.74, 6) is 2.19. The van der Waals surface area contributed by atoms with Gasteiger partial charge in [-0.05, 0) is 31.1 Å². The van der Waals surface area contributed by atoms with Crippen LogP contribution in [0.2, 0.25) is 0 Å². The van der Waals surface area contributed by atoms with Crippen LogP contribution in [0.1, 0.15) is 31.0 Å². The van der Waals surface area contributed by atoms with E-state index >= 15 is 0 Å². The predicted octanol–water partition coefficient (Wildman–Crippen LogP) is 0.710. The Hall–Kier alpha value is -1.43. The maximum atomic E-state index is 12.5. The summed E-state index contributed by atoms with van der Waals surface area (Å²) in [6.45, 7) is 2.13. The van der Waals surface area contributed by atoms with Gasteiger partial charge in [0, 0.05) is 20.0 Å². The molecule has 0 saturated heterocycles. The number of carbonyl (C=O) groups is 1. The third-order valence-corrected chi connectivity index (χ3v) is 4.59. The molecule has 2 fully saturated rings. The van der Waals surface area contributed by atoms with Crippen LogP contribution in [0.25, 0.3) is 0 Å². The molecule has 2 bridgehead atoms. The molecular weight excluding hydrogens is 244 g/mol. The molecule has 4 atom stereocenters. The van der Waals surface area contributed by atoms with Crippen molar-refractivity contribution in [1.29, 1.82) is 0 Å². The van der Waals surface area contributed by atoms with Gasteiger partial charge in [-0.3, -0.25) is 4.79 Å². The normalized spacial score (nSPS) is 32.8. The minimum absolute atomic E-state index is 0.0169. The predicted molar refractivity (Wildman–Crippen MR) is 67.8 cm³/mol. The lowest BCUT2D eigenvalue weighted by Gasteiger charge is -2.30. The smallest absolute Gasteiger partial charge is 0.227 e. The highest BCUT2D eigenvalue weighted by Crippen LogP contribution is 2.48. The van der Waals surface area contributed by atoms with Gasteiger partial charge in [0.05, 0.1) is 12.5 Å². The number of nitrogens with two attached hydrogens (primary N) is 1. The summed E-state index contributed by atoms with van der Waals surface area (Å²) in [5, 5.41) is 3.82. The lowest BCUT2D eigenvalue weighted by atomic mass is 9.84. The largest absolute Gasteiger partial charge is 0.340 e. The lowest BCUT2D eigenvalue weighted by molar-refractivity contribution is -0.137. The van der Waals surface area contributed by atoms with E-state index in [4.69, 9.17) is 10.3 Å². The van der Waals surface area contributed by atoms with E-state index < -0.39 is 0 Å². The van der Waals surface area contributed by atoms with Crippen LogP contribution in [0.5, 0.6) is 0 Å². The van der Waals surface area contributed by atoms with Gasteiger partial charge in [0.1, 0.15) is 0 Å². The van der Waals surface area contributed by atoms with E-state index in [0.717, 1.165) is 12.8 Å². The molecule has 2 aliphatic rings. The van der Waals surface area contributed by atoms with Crippen LogP contribution in [-0.2, 0) is 11.3 Å². The molecule has 2 aliphatic carbocycles. The number of fused-ring (bicyclic) bond motifs is 2. The number of amides is 1. The zero-order valence-corrected chi connectivity index (χ0v) is 11.4. The van der Waals surface area contributed by atoms with Gasteiger partial charge in [0.2, 0.25) is 11.8 Å². The first kappa shape index (κ1) is 12.6. The maximum Gasteiger partial charge on any atom is 0.227 e. The summed E-state index contributed by atoms with van der Waals surface area (Å²) in [6, 6.07) is 0.0284. The van der Waals surface area contributed by atoms with E-state index in [-0.39, 0.29) is 17.9 Å². The lowest BCUT2D eigenvalue weighted by Crippen LogP contribution is -2.45. The van der Waals surface area contributed by atoms with E-state index in [1.807, 2.05) is 0 Å². The number of rotatable bonds is 3. The minimum Gasteiger partial charge on any atom is -0.340 e. The number of aromatic nitrogens is 2. The van der Waals surface area contributed by atoms with Crippen LogP contribution >= 0.6 is 0 Å². The van der Waals surface area contributed by atoms with Crippen LogP contribution in [0.4, 0.5) is 0 Å². The fraction of sp³-hybridized carbons (Fsp3) is 0.769. The summed E-state index contributed by atoms with van der Waals surface area (Å²) < 4.78 is 4.92. The van der Waals surface area contributed by atoms with E-state index in [1.165, 1.54) is 6.42 Å². The van der Waals surface area contributed by atoms with Gasteiger partial charge in [0.15, 0.2) is 5.82 Å². The third-order valence-electron chi connectivity index (χ3n) is 4.59. The average molecular weight is 264 g/mol. The zero-order valence-electron chi connectivity index (χ0n) is 11.4. The van der Waals surface area contributed by atoms with Crippen molar-refractivity contribution in [2.45, 2.75) is 38.8 Å². The van der Waals surface area contributed by atoms with Crippen molar-refractivity contribution in [3.05, 3.63) is 11.7 Å². The van der Waals surface area contributed by atoms with Crippen molar-refractivity contribution in [2.24, 2.45) is 23.5 Å². The van der Waals surface area contributed by atoms with Crippen LogP contribution in [0, 0.1) is 24.7 Å². The number of hydrogen-bond donors (Lipinski definition) is 1. The zero-order chi connectivity index (χ0) is 13.6.